The van der Waals surface area contributed by atoms with Crippen molar-refractivity contribution in [2.24, 2.45) is 28.2 Å². The van der Waals surface area contributed by atoms with Crippen LogP contribution in [-0.4, -0.2) is 38.2 Å². The van der Waals surface area contributed by atoms with Crippen molar-refractivity contribution in [3.05, 3.63) is 61.4 Å². The van der Waals surface area contributed by atoms with E-state index in [-0.39, 0.29) is 0 Å². The van der Waals surface area contributed by atoms with Gasteiger partial charge < -0.3 is 18.3 Å². The van der Waals surface area contributed by atoms with Crippen LogP contribution in [-0.2, 0) is 28.2 Å². The van der Waals surface area contributed by atoms with Crippen LogP contribution in [0.15, 0.2) is 61.4 Å². The van der Waals surface area contributed by atoms with Crippen molar-refractivity contribution in [3.63, 3.8) is 0 Å². The normalized spacial score (nSPS) is 11.3. The number of aromatic nitrogens is 8. The van der Waals surface area contributed by atoms with Gasteiger partial charge in [-0.1, -0.05) is 30.3 Å². The maximum absolute atomic E-state index is 4.69. The second-order valence-corrected chi connectivity index (χ2v) is 7.33. The molecule has 0 unspecified atom stereocenters. The average Bonchev–Trinajstić information content (AvgIpc) is 3.51. The Morgan fingerprint density at radius 1 is 0.567 bits per heavy atom. The molecule has 0 aliphatic heterocycles. The molecule has 0 saturated carbocycles. The molecule has 0 N–H and O–H groups in total. The van der Waals surface area contributed by atoms with Crippen LogP contribution in [0.4, 0.5) is 0 Å². The Labute approximate surface area is 174 Å². The summed E-state index contributed by atoms with van der Waals surface area (Å²) >= 11 is 0. The molecule has 150 valence electrons. The second-order valence-electron chi connectivity index (χ2n) is 7.33. The number of hydrogen-bond acceptors (Lipinski definition) is 4. The fraction of sp³-hybridized carbons (Fsp3) is 0.182. The Morgan fingerprint density at radius 2 is 1.07 bits per heavy atom. The first-order chi connectivity index (χ1) is 14.6. The van der Waals surface area contributed by atoms with E-state index in [0.29, 0.717) is 0 Å². The molecule has 0 spiro atoms. The van der Waals surface area contributed by atoms with Gasteiger partial charge in [0.15, 0.2) is 17.5 Å². The number of hydrogen-bond donors (Lipinski definition) is 0. The van der Waals surface area contributed by atoms with Crippen LogP contribution in [0.1, 0.15) is 0 Å². The molecular formula is C22H22N8. The van der Waals surface area contributed by atoms with Crippen molar-refractivity contribution >= 4 is 0 Å². The highest BCUT2D eigenvalue weighted by Gasteiger charge is 2.20. The molecule has 0 aliphatic rings. The van der Waals surface area contributed by atoms with Gasteiger partial charge in [-0.25, -0.2) is 19.9 Å². The zero-order valence-corrected chi connectivity index (χ0v) is 17.4. The Balaban J connectivity index is 1.56. The largest absolute Gasteiger partial charge is 0.331 e. The predicted molar refractivity (Wildman–Crippen MR) is 115 cm³/mol. The monoisotopic (exact) mass is 398 g/mol. The molecule has 0 aliphatic carbocycles. The molecule has 4 heterocycles. The molecule has 0 fully saturated rings. The third kappa shape index (κ3) is 2.68. The highest BCUT2D eigenvalue weighted by molar-refractivity contribution is 5.67. The van der Waals surface area contributed by atoms with Crippen LogP contribution in [0.3, 0.4) is 0 Å². The predicted octanol–water partition coefficient (Wildman–Crippen LogP) is 3.29. The maximum atomic E-state index is 4.69. The Bertz CT molecular complexity index is 1330. The summed E-state index contributed by atoms with van der Waals surface area (Å²) in [4.78, 5) is 18.2. The number of nitrogens with zero attached hydrogens (tertiary/aromatic N) is 8. The lowest BCUT2D eigenvalue weighted by Crippen LogP contribution is -2.04. The second kappa shape index (κ2) is 6.84. The van der Waals surface area contributed by atoms with Gasteiger partial charge in [-0.3, -0.25) is 0 Å². The van der Waals surface area contributed by atoms with E-state index in [4.69, 9.17) is 0 Å². The van der Waals surface area contributed by atoms with Gasteiger partial charge in [-0.05, 0) is 5.56 Å². The molecule has 0 radical (unpaired) electrons. The minimum Gasteiger partial charge on any atom is -0.331 e. The smallest absolute Gasteiger partial charge is 0.158 e. The third-order valence-corrected chi connectivity index (χ3v) is 5.54. The summed E-state index contributed by atoms with van der Waals surface area (Å²) in [5.74, 6) is 2.54. The Morgan fingerprint density at radius 3 is 1.60 bits per heavy atom. The number of benzene rings is 1. The lowest BCUT2D eigenvalue weighted by molar-refractivity contribution is 0.846. The highest BCUT2D eigenvalue weighted by Crippen LogP contribution is 2.29. The fourth-order valence-corrected chi connectivity index (χ4v) is 3.81. The van der Waals surface area contributed by atoms with Crippen LogP contribution in [0, 0.1) is 0 Å². The summed E-state index contributed by atoms with van der Waals surface area (Å²) < 4.78 is 8.15. The van der Waals surface area contributed by atoms with Crippen LogP contribution >= 0.6 is 0 Å². The van der Waals surface area contributed by atoms with Crippen LogP contribution in [0.25, 0.3) is 45.8 Å². The molecule has 30 heavy (non-hydrogen) atoms. The SMILES string of the molecule is Cn1cncc1-c1ncc(-c2ncc(-c3ncc(-c4ccccc4)n3C)n2C)n1C. The number of rotatable bonds is 4. The zero-order chi connectivity index (χ0) is 20.8. The fourth-order valence-electron chi connectivity index (χ4n) is 3.81. The first-order valence-electron chi connectivity index (χ1n) is 9.64. The van der Waals surface area contributed by atoms with Crippen molar-refractivity contribution in [1.29, 1.82) is 0 Å². The third-order valence-electron chi connectivity index (χ3n) is 5.54. The molecule has 4 aromatic heterocycles. The number of aryl methyl sites for hydroxylation is 1. The first kappa shape index (κ1) is 18.1. The van der Waals surface area contributed by atoms with Gasteiger partial charge in [0.2, 0.25) is 0 Å². The summed E-state index contributed by atoms with van der Waals surface area (Å²) in [5, 5.41) is 0. The highest BCUT2D eigenvalue weighted by atomic mass is 15.2. The van der Waals surface area contributed by atoms with E-state index in [2.05, 4.69) is 41.2 Å². The average molecular weight is 398 g/mol. The standard InChI is InChI=1S/C22H22N8/c1-27-14-23-10-17(27)20-25-12-19(29(20)3)22-26-13-18(30(22)4)21-24-11-16(28(21)2)15-8-6-5-7-9-15/h5-14H,1-4H3. The van der Waals surface area contributed by atoms with E-state index in [0.717, 1.165) is 45.8 Å². The van der Waals surface area contributed by atoms with Gasteiger partial charge >= 0.3 is 0 Å². The lowest BCUT2D eigenvalue weighted by atomic mass is 10.2. The lowest BCUT2D eigenvalue weighted by Gasteiger charge is -2.09. The van der Waals surface area contributed by atoms with E-state index in [1.54, 1.807) is 6.33 Å². The van der Waals surface area contributed by atoms with Crippen molar-refractivity contribution in [2.75, 3.05) is 0 Å². The van der Waals surface area contributed by atoms with Gasteiger partial charge in [0.1, 0.15) is 17.1 Å². The Kier molecular flexibility index (Phi) is 4.13. The van der Waals surface area contributed by atoms with E-state index >= 15 is 0 Å². The Hall–Kier alpha value is -3.94. The van der Waals surface area contributed by atoms with E-state index < -0.39 is 0 Å². The van der Waals surface area contributed by atoms with Crippen molar-refractivity contribution in [3.8, 4) is 45.8 Å². The molecular weight excluding hydrogens is 376 g/mol. The van der Waals surface area contributed by atoms with Gasteiger partial charge in [0.25, 0.3) is 0 Å². The molecule has 8 heteroatoms. The summed E-state index contributed by atoms with van der Waals surface area (Å²) in [7, 11) is 7.99. The van der Waals surface area contributed by atoms with Gasteiger partial charge in [0.05, 0.1) is 36.8 Å². The molecule has 5 aromatic rings. The van der Waals surface area contributed by atoms with Gasteiger partial charge in [-0.15, -0.1) is 0 Å². The molecule has 1 aromatic carbocycles. The number of imidazole rings is 4. The minimum atomic E-state index is 0.831. The van der Waals surface area contributed by atoms with Crippen molar-refractivity contribution < 1.29 is 0 Å². The topological polar surface area (TPSA) is 71.3 Å². The minimum absolute atomic E-state index is 0.831. The molecule has 5 rings (SSSR count). The molecule has 8 nitrogen and oxygen atoms in total. The first-order valence-corrected chi connectivity index (χ1v) is 9.64. The summed E-state index contributed by atoms with van der Waals surface area (Å²) in [6.45, 7) is 0. The maximum Gasteiger partial charge on any atom is 0.158 e. The molecule has 0 atom stereocenters. The quantitative estimate of drug-likeness (QED) is 0.466. The van der Waals surface area contributed by atoms with Gasteiger partial charge in [-0.2, -0.15) is 0 Å². The summed E-state index contributed by atoms with van der Waals surface area (Å²) in [6, 6.07) is 10.3. The van der Waals surface area contributed by atoms with E-state index in [1.165, 1.54) is 0 Å². The molecule has 0 bridgehead atoms. The molecule has 0 saturated heterocycles. The molecule has 0 amide bonds. The van der Waals surface area contributed by atoms with Crippen molar-refractivity contribution in [1.82, 2.24) is 38.2 Å². The van der Waals surface area contributed by atoms with Gasteiger partial charge in [0, 0.05) is 28.2 Å². The van der Waals surface area contributed by atoms with E-state index in [9.17, 15) is 0 Å². The van der Waals surface area contributed by atoms with E-state index in [1.807, 2.05) is 80.3 Å². The van der Waals surface area contributed by atoms with Crippen LogP contribution in [0.2, 0.25) is 0 Å². The van der Waals surface area contributed by atoms with Crippen molar-refractivity contribution in [2.45, 2.75) is 0 Å². The van der Waals surface area contributed by atoms with Crippen LogP contribution < -0.4 is 0 Å². The summed E-state index contributed by atoms with van der Waals surface area (Å²) in [5.41, 5.74) is 5.02. The van der Waals surface area contributed by atoms with Crippen LogP contribution in [0.5, 0.6) is 0 Å². The summed E-state index contributed by atoms with van der Waals surface area (Å²) in [6.07, 6.45) is 9.20. The zero-order valence-electron chi connectivity index (χ0n) is 17.4.